The number of nitrogens with zero attached hydrogens (tertiary/aromatic N) is 5. The van der Waals surface area contributed by atoms with Gasteiger partial charge in [0.2, 0.25) is 0 Å². The van der Waals surface area contributed by atoms with E-state index in [9.17, 15) is 0 Å². The molecule has 6 heteroatoms. The van der Waals surface area contributed by atoms with Crippen LogP contribution in [0.2, 0.25) is 0 Å². The fourth-order valence-corrected chi connectivity index (χ4v) is 3.60. The van der Waals surface area contributed by atoms with Crippen molar-refractivity contribution in [1.82, 2.24) is 30.4 Å². The molecule has 1 fully saturated rings. The molecule has 1 aliphatic carbocycles. The van der Waals surface area contributed by atoms with E-state index in [-0.39, 0.29) is 5.54 Å². The van der Waals surface area contributed by atoms with Crippen LogP contribution in [0.15, 0.2) is 0 Å². The Morgan fingerprint density at radius 2 is 1.90 bits per heavy atom. The van der Waals surface area contributed by atoms with Crippen molar-refractivity contribution >= 4 is 0 Å². The highest BCUT2D eigenvalue weighted by Gasteiger charge is 2.40. The van der Waals surface area contributed by atoms with E-state index in [0.717, 1.165) is 12.2 Å². The van der Waals surface area contributed by atoms with E-state index in [0.29, 0.717) is 6.04 Å². The Hall–Kier alpha value is -1.01. The van der Waals surface area contributed by atoms with Gasteiger partial charge in [-0.3, -0.25) is 0 Å². The van der Waals surface area contributed by atoms with Gasteiger partial charge in [-0.05, 0) is 39.2 Å². The van der Waals surface area contributed by atoms with Crippen LogP contribution < -0.4 is 5.32 Å². The molecule has 114 valence electrons. The first kappa shape index (κ1) is 15.4. The SMILES string of the molecule is CNC(Cc1nnn(C)n1)C1(N(C)C)CCCCCC1. The second-order valence-electron chi connectivity index (χ2n) is 6.15. The molecular formula is C14H28N6. The highest BCUT2D eigenvalue weighted by Crippen LogP contribution is 2.34. The first-order chi connectivity index (χ1) is 9.58. The van der Waals surface area contributed by atoms with E-state index in [4.69, 9.17) is 0 Å². The number of nitrogens with one attached hydrogen (secondary N) is 1. The van der Waals surface area contributed by atoms with Gasteiger partial charge in [0, 0.05) is 18.0 Å². The highest BCUT2D eigenvalue weighted by atomic mass is 15.6. The molecule has 1 atom stereocenters. The van der Waals surface area contributed by atoms with Crippen molar-refractivity contribution in [3.63, 3.8) is 0 Å². The summed E-state index contributed by atoms with van der Waals surface area (Å²) in [6.45, 7) is 0. The minimum absolute atomic E-state index is 0.199. The number of hydrogen-bond donors (Lipinski definition) is 1. The molecule has 0 bridgehead atoms. The Bertz CT molecular complexity index is 406. The summed E-state index contributed by atoms with van der Waals surface area (Å²) in [5.74, 6) is 0.831. The van der Waals surface area contributed by atoms with E-state index in [1.807, 2.05) is 7.05 Å². The Labute approximate surface area is 121 Å². The third-order valence-corrected chi connectivity index (χ3v) is 4.79. The fraction of sp³-hybridized carbons (Fsp3) is 0.929. The number of aryl methyl sites for hydroxylation is 1. The highest BCUT2D eigenvalue weighted by molar-refractivity contribution is 5.03. The molecule has 2 rings (SSSR count). The molecule has 6 nitrogen and oxygen atoms in total. The monoisotopic (exact) mass is 280 g/mol. The Balaban J connectivity index is 2.19. The van der Waals surface area contributed by atoms with Gasteiger partial charge in [0.25, 0.3) is 0 Å². The maximum atomic E-state index is 4.34. The molecule has 1 unspecified atom stereocenters. The quantitative estimate of drug-likeness (QED) is 0.815. The van der Waals surface area contributed by atoms with Crippen molar-refractivity contribution in [2.24, 2.45) is 7.05 Å². The second kappa shape index (κ2) is 6.63. The predicted octanol–water partition coefficient (Wildman–Crippen LogP) is 0.995. The summed E-state index contributed by atoms with van der Waals surface area (Å²) < 4.78 is 0. The third kappa shape index (κ3) is 3.17. The van der Waals surface area contributed by atoms with E-state index in [2.05, 4.69) is 46.8 Å². The van der Waals surface area contributed by atoms with Gasteiger partial charge in [0.15, 0.2) is 5.82 Å². The molecule has 1 N–H and O–H groups in total. The van der Waals surface area contributed by atoms with Crippen LogP contribution in [-0.2, 0) is 13.5 Å². The van der Waals surface area contributed by atoms with Gasteiger partial charge >= 0.3 is 0 Å². The number of likely N-dealkylation sites (N-methyl/N-ethyl adjacent to an activating group) is 2. The maximum Gasteiger partial charge on any atom is 0.176 e. The number of rotatable bonds is 5. The number of aromatic nitrogens is 4. The Morgan fingerprint density at radius 1 is 1.25 bits per heavy atom. The molecule has 1 aromatic rings. The van der Waals surface area contributed by atoms with Gasteiger partial charge in [0.05, 0.1) is 7.05 Å². The average molecular weight is 280 g/mol. The molecule has 0 aromatic carbocycles. The molecule has 1 aliphatic rings. The second-order valence-corrected chi connectivity index (χ2v) is 6.15. The third-order valence-electron chi connectivity index (χ3n) is 4.79. The molecule has 1 saturated carbocycles. The molecule has 0 saturated heterocycles. The molecule has 0 radical (unpaired) electrons. The van der Waals surface area contributed by atoms with Crippen LogP contribution in [0.3, 0.4) is 0 Å². The standard InChI is InChI=1S/C14H28N6/c1-15-12(11-13-16-18-20(4)17-13)14(19(2)3)9-7-5-6-8-10-14/h12,15H,5-11H2,1-4H3. The number of hydrogen-bond acceptors (Lipinski definition) is 5. The van der Waals surface area contributed by atoms with Gasteiger partial charge in [-0.15, -0.1) is 10.2 Å². The van der Waals surface area contributed by atoms with Crippen molar-refractivity contribution in [2.45, 2.75) is 56.5 Å². The summed E-state index contributed by atoms with van der Waals surface area (Å²) in [5.41, 5.74) is 0.199. The first-order valence-electron chi connectivity index (χ1n) is 7.66. The van der Waals surface area contributed by atoms with Crippen molar-refractivity contribution < 1.29 is 0 Å². The van der Waals surface area contributed by atoms with E-state index in [1.165, 1.54) is 43.3 Å². The van der Waals surface area contributed by atoms with E-state index in [1.54, 1.807) is 0 Å². The van der Waals surface area contributed by atoms with Gasteiger partial charge in [0.1, 0.15) is 0 Å². The predicted molar refractivity (Wildman–Crippen MR) is 79.5 cm³/mol. The Kier molecular flexibility index (Phi) is 5.10. The zero-order chi connectivity index (χ0) is 14.6. The van der Waals surface area contributed by atoms with Crippen LogP contribution in [0.1, 0.15) is 44.3 Å². The molecular weight excluding hydrogens is 252 g/mol. The lowest BCUT2D eigenvalue weighted by molar-refractivity contribution is 0.0826. The van der Waals surface area contributed by atoms with Gasteiger partial charge in [-0.1, -0.05) is 25.7 Å². The molecule has 0 aliphatic heterocycles. The maximum absolute atomic E-state index is 4.34. The zero-order valence-corrected chi connectivity index (χ0v) is 13.3. The first-order valence-corrected chi connectivity index (χ1v) is 7.66. The summed E-state index contributed by atoms with van der Waals surface area (Å²) >= 11 is 0. The normalized spacial score (nSPS) is 20.9. The summed E-state index contributed by atoms with van der Waals surface area (Å²) in [6, 6.07) is 0.361. The molecule has 0 amide bonds. The van der Waals surface area contributed by atoms with Crippen molar-refractivity contribution in [2.75, 3.05) is 21.1 Å². The minimum Gasteiger partial charge on any atom is -0.315 e. The lowest BCUT2D eigenvalue weighted by Gasteiger charge is -2.45. The van der Waals surface area contributed by atoms with Crippen LogP contribution >= 0.6 is 0 Å². The van der Waals surface area contributed by atoms with E-state index < -0.39 is 0 Å². The molecule has 20 heavy (non-hydrogen) atoms. The molecule has 1 aromatic heterocycles. The largest absolute Gasteiger partial charge is 0.315 e. The summed E-state index contributed by atoms with van der Waals surface area (Å²) in [5, 5.41) is 16.0. The smallest absolute Gasteiger partial charge is 0.176 e. The lowest BCUT2D eigenvalue weighted by Crippen LogP contribution is -2.59. The van der Waals surface area contributed by atoms with Crippen LogP contribution in [0.5, 0.6) is 0 Å². The van der Waals surface area contributed by atoms with Crippen LogP contribution in [0.4, 0.5) is 0 Å². The van der Waals surface area contributed by atoms with Gasteiger partial charge < -0.3 is 10.2 Å². The molecule has 1 heterocycles. The van der Waals surface area contributed by atoms with Crippen molar-refractivity contribution in [1.29, 1.82) is 0 Å². The summed E-state index contributed by atoms with van der Waals surface area (Å²) in [6.07, 6.45) is 8.65. The van der Waals surface area contributed by atoms with Crippen LogP contribution in [-0.4, -0.2) is 57.8 Å². The summed E-state index contributed by atoms with van der Waals surface area (Å²) in [4.78, 5) is 3.95. The molecule has 0 spiro atoms. The Morgan fingerprint density at radius 3 is 2.35 bits per heavy atom. The topological polar surface area (TPSA) is 58.9 Å². The summed E-state index contributed by atoms with van der Waals surface area (Å²) in [7, 11) is 8.29. The fourth-order valence-electron chi connectivity index (χ4n) is 3.60. The van der Waals surface area contributed by atoms with Gasteiger partial charge in [-0.2, -0.15) is 4.80 Å². The van der Waals surface area contributed by atoms with Gasteiger partial charge in [-0.25, -0.2) is 0 Å². The average Bonchev–Trinajstić information content (AvgIpc) is 2.68. The van der Waals surface area contributed by atoms with Crippen molar-refractivity contribution in [3.05, 3.63) is 5.82 Å². The van der Waals surface area contributed by atoms with Crippen LogP contribution in [0.25, 0.3) is 0 Å². The lowest BCUT2D eigenvalue weighted by atomic mass is 9.79. The minimum atomic E-state index is 0.199. The van der Waals surface area contributed by atoms with Crippen molar-refractivity contribution in [3.8, 4) is 0 Å². The van der Waals surface area contributed by atoms with E-state index >= 15 is 0 Å². The zero-order valence-electron chi connectivity index (χ0n) is 13.3. The number of tetrazole rings is 1. The van der Waals surface area contributed by atoms with Crippen LogP contribution in [0, 0.1) is 0 Å².